The Morgan fingerprint density at radius 3 is 2.73 bits per heavy atom. The molecule has 11 heavy (non-hydrogen) atoms. The van der Waals surface area contributed by atoms with Crippen LogP contribution in [0.2, 0.25) is 0 Å². The lowest BCUT2D eigenvalue weighted by Crippen LogP contribution is -2.05. The predicted octanol–water partition coefficient (Wildman–Crippen LogP) is 0.156. The van der Waals surface area contributed by atoms with Crippen molar-refractivity contribution in [2.45, 2.75) is 6.10 Å². The number of hydrogen-bond donors (Lipinski definition) is 1. The standard InChI is InChI=1S/C7H10N2O2/c1-11-4-7(10)6-2-8-5-9-3-6/h2-3,5,7,10H,4H2,1H3. The fourth-order valence-corrected chi connectivity index (χ4v) is 0.737. The minimum absolute atomic E-state index is 0.271. The monoisotopic (exact) mass is 154 g/mol. The third kappa shape index (κ3) is 2.25. The third-order valence-electron chi connectivity index (χ3n) is 1.29. The predicted molar refractivity (Wildman–Crippen MR) is 38.9 cm³/mol. The van der Waals surface area contributed by atoms with E-state index < -0.39 is 6.10 Å². The molecule has 0 bridgehead atoms. The molecule has 0 aliphatic heterocycles. The van der Waals surface area contributed by atoms with Gasteiger partial charge in [-0.15, -0.1) is 0 Å². The summed E-state index contributed by atoms with van der Waals surface area (Å²) < 4.78 is 4.75. The first kappa shape index (κ1) is 8.10. The average molecular weight is 154 g/mol. The zero-order valence-corrected chi connectivity index (χ0v) is 6.27. The van der Waals surface area contributed by atoms with E-state index in [0.717, 1.165) is 0 Å². The van der Waals surface area contributed by atoms with E-state index in [4.69, 9.17) is 4.74 Å². The summed E-state index contributed by atoms with van der Waals surface area (Å²) in [5.41, 5.74) is 0.675. The molecule has 0 aromatic carbocycles. The van der Waals surface area contributed by atoms with Gasteiger partial charge in [-0.1, -0.05) is 0 Å². The van der Waals surface area contributed by atoms with Crippen molar-refractivity contribution in [2.24, 2.45) is 0 Å². The molecule has 1 aromatic heterocycles. The molecule has 4 heteroatoms. The first-order valence-electron chi connectivity index (χ1n) is 3.26. The first-order chi connectivity index (χ1) is 5.34. The minimum atomic E-state index is -0.624. The lowest BCUT2D eigenvalue weighted by atomic mass is 10.2. The molecule has 0 saturated carbocycles. The second kappa shape index (κ2) is 4.00. The molecule has 4 nitrogen and oxygen atoms in total. The number of aliphatic hydroxyl groups excluding tert-OH is 1. The lowest BCUT2D eigenvalue weighted by molar-refractivity contribution is 0.0639. The van der Waals surface area contributed by atoms with Gasteiger partial charge in [-0.25, -0.2) is 9.97 Å². The molecule has 60 valence electrons. The van der Waals surface area contributed by atoms with Crippen molar-refractivity contribution in [1.82, 2.24) is 9.97 Å². The van der Waals surface area contributed by atoms with E-state index in [1.54, 1.807) is 12.4 Å². The summed E-state index contributed by atoms with van der Waals surface area (Å²) in [6.45, 7) is 0.271. The maximum Gasteiger partial charge on any atom is 0.115 e. The Hall–Kier alpha value is -1.00. The molecule has 0 fully saturated rings. The van der Waals surface area contributed by atoms with E-state index in [9.17, 15) is 5.11 Å². The van der Waals surface area contributed by atoms with Crippen LogP contribution in [0.1, 0.15) is 11.7 Å². The van der Waals surface area contributed by atoms with Crippen LogP contribution in [0.5, 0.6) is 0 Å². The van der Waals surface area contributed by atoms with Crippen molar-refractivity contribution in [1.29, 1.82) is 0 Å². The number of aliphatic hydroxyl groups is 1. The topological polar surface area (TPSA) is 55.2 Å². The van der Waals surface area contributed by atoms with Crippen molar-refractivity contribution in [3.05, 3.63) is 24.3 Å². The highest BCUT2D eigenvalue weighted by Gasteiger charge is 2.05. The molecule has 0 amide bonds. The summed E-state index contributed by atoms with van der Waals surface area (Å²) in [6, 6.07) is 0. The van der Waals surface area contributed by atoms with Gasteiger partial charge in [-0.3, -0.25) is 0 Å². The summed E-state index contributed by atoms with van der Waals surface area (Å²) in [6.07, 6.45) is 3.93. The van der Waals surface area contributed by atoms with Gasteiger partial charge < -0.3 is 9.84 Å². The van der Waals surface area contributed by atoms with Gasteiger partial charge in [-0.2, -0.15) is 0 Å². The van der Waals surface area contributed by atoms with E-state index in [-0.39, 0.29) is 6.61 Å². The molecule has 0 aliphatic carbocycles. The van der Waals surface area contributed by atoms with Crippen molar-refractivity contribution >= 4 is 0 Å². The quantitative estimate of drug-likeness (QED) is 0.673. The minimum Gasteiger partial charge on any atom is -0.386 e. The Bertz CT molecular complexity index is 203. The Kier molecular flexibility index (Phi) is 2.95. The summed E-state index contributed by atoms with van der Waals surface area (Å²) in [7, 11) is 1.53. The van der Waals surface area contributed by atoms with Crippen LogP contribution < -0.4 is 0 Å². The van der Waals surface area contributed by atoms with Gasteiger partial charge >= 0.3 is 0 Å². The molecule has 1 N–H and O–H groups in total. The zero-order chi connectivity index (χ0) is 8.10. The van der Waals surface area contributed by atoms with E-state index >= 15 is 0 Å². The Labute approximate surface area is 64.9 Å². The van der Waals surface area contributed by atoms with Crippen LogP contribution in [0.3, 0.4) is 0 Å². The van der Waals surface area contributed by atoms with Crippen molar-refractivity contribution in [2.75, 3.05) is 13.7 Å². The van der Waals surface area contributed by atoms with E-state index in [1.807, 2.05) is 0 Å². The molecule has 1 unspecified atom stereocenters. The van der Waals surface area contributed by atoms with E-state index in [2.05, 4.69) is 9.97 Å². The highest BCUT2D eigenvalue weighted by molar-refractivity contribution is 5.06. The average Bonchev–Trinajstić information content (AvgIpc) is 2.07. The highest BCUT2D eigenvalue weighted by atomic mass is 16.5. The molecule has 0 spiro atoms. The number of nitrogens with zero attached hydrogens (tertiary/aromatic N) is 2. The summed E-state index contributed by atoms with van der Waals surface area (Å²) in [5.74, 6) is 0. The third-order valence-corrected chi connectivity index (χ3v) is 1.29. The molecule has 0 saturated heterocycles. The van der Waals surface area contributed by atoms with Crippen molar-refractivity contribution in [3.63, 3.8) is 0 Å². The number of aromatic nitrogens is 2. The molecule has 0 radical (unpaired) electrons. The summed E-state index contributed by atoms with van der Waals surface area (Å²) in [4.78, 5) is 7.52. The molecule has 1 rings (SSSR count). The molecule has 0 aliphatic rings. The van der Waals surface area contributed by atoms with Gasteiger partial charge in [0, 0.05) is 25.1 Å². The number of hydrogen-bond acceptors (Lipinski definition) is 4. The molecule has 1 aromatic rings. The van der Waals surface area contributed by atoms with Gasteiger partial charge in [-0.05, 0) is 0 Å². The van der Waals surface area contributed by atoms with Gasteiger partial charge in [0.2, 0.25) is 0 Å². The second-order valence-corrected chi connectivity index (χ2v) is 2.14. The van der Waals surface area contributed by atoms with E-state index in [0.29, 0.717) is 5.56 Å². The second-order valence-electron chi connectivity index (χ2n) is 2.14. The van der Waals surface area contributed by atoms with Crippen LogP contribution in [-0.2, 0) is 4.74 Å². The molecule has 1 atom stereocenters. The van der Waals surface area contributed by atoms with Crippen LogP contribution >= 0.6 is 0 Å². The summed E-state index contributed by atoms with van der Waals surface area (Å²) in [5, 5.41) is 9.32. The number of ether oxygens (including phenoxy) is 1. The largest absolute Gasteiger partial charge is 0.386 e. The Morgan fingerprint density at radius 1 is 1.55 bits per heavy atom. The van der Waals surface area contributed by atoms with Gasteiger partial charge in [0.15, 0.2) is 0 Å². The zero-order valence-electron chi connectivity index (χ0n) is 6.27. The van der Waals surface area contributed by atoms with Crippen LogP contribution in [0.15, 0.2) is 18.7 Å². The highest BCUT2D eigenvalue weighted by Crippen LogP contribution is 2.08. The molecular weight excluding hydrogens is 144 g/mol. The Morgan fingerprint density at radius 2 is 2.18 bits per heavy atom. The summed E-state index contributed by atoms with van der Waals surface area (Å²) >= 11 is 0. The molecular formula is C7H10N2O2. The van der Waals surface area contributed by atoms with Crippen molar-refractivity contribution < 1.29 is 9.84 Å². The van der Waals surface area contributed by atoms with Crippen LogP contribution in [-0.4, -0.2) is 28.8 Å². The SMILES string of the molecule is COCC(O)c1cncnc1. The van der Waals surface area contributed by atoms with Crippen LogP contribution in [0, 0.1) is 0 Å². The maximum atomic E-state index is 9.32. The van der Waals surface area contributed by atoms with Crippen LogP contribution in [0.4, 0.5) is 0 Å². The lowest BCUT2D eigenvalue weighted by Gasteiger charge is -2.06. The normalized spacial score (nSPS) is 12.9. The van der Waals surface area contributed by atoms with E-state index in [1.165, 1.54) is 13.4 Å². The van der Waals surface area contributed by atoms with Crippen LogP contribution in [0.25, 0.3) is 0 Å². The number of rotatable bonds is 3. The maximum absolute atomic E-state index is 9.32. The number of methoxy groups -OCH3 is 1. The van der Waals surface area contributed by atoms with Gasteiger partial charge in [0.05, 0.1) is 6.61 Å². The Balaban J connectivity index is 2.61. The first-order valence-corrected chi connectivity index (χ1v) is 3.26. The van der Waals surface area contributed by atoms with Gasteiger partial charge in [0.25, 0.3) is 0 Å². The van der Waals surface area contributed by atoms with Crippen molar-refractivity contribution in [3.8, 4) is 0 Å². The smallest absolute Gasteiger partial charge is 0.115 e. The molecule has 1 heterocycles. The van der Waals surface area contributed by atoms with Gasteiger partial charge in [0.1, 0.15) is 12.4 Å². The fourth-order valence-electron chi connectivity index (χ4n) is 0.737. The fraction of sp³-hybridized carbons (Fsp3) is 0.429.